The van der Waals surface area contributed by atoms with Crippen LogP contribution in [0.25, 0.3) is 10.2 Å². The Bertz CT molecular complexity index is 1360. The van der Waals surface area contributed by atoms with Crippen LogP contribution >= 0.6 is 11.3 Å². The standard InChI is InChI=1S/C25H31N3O5S2/c1-4-33-20-10-13-22-23(17-20)34-25(27(22)15-16-32-3)26-24(29)19-8-11-21(12-9-19)35(30,31)28-14-6-5-7-18(28)2/h8-13,17-18H,4-7,14-16H2,1-3H3. The van der Waals surface area contributed by atoms with Gasteiger partial charge in [-0.15, -0.1) is 0 Å². The number of rotatable bonds is 8. The average Bonchev–Trinajstić information content (AvgIpc) is 3.19. The van der Waals surface area contributed by atoms with Gasteiger partial charge in [-0.2, -0.15) is 9.30 Å². The van der Waals surface area contributed by atoms with Gasteiger partial charge in [-0.1, -0.05) is 17.8 Å². The predicted molar refractivity (Wildman–Crippen MR) is 136 cm³/mol. The molecule has 1 amide bonds. The number of methoxy groups -OCH3 is 1. The van der Waals surface area contributed by atoms with Crippen molar-refractivity contribution >= 4 is 37.5 Å². The van der Waals surface area contributed by atoms with Crippen LogP contribution in [0.15, 0.2) is 52.4 Å². The lowest BCUT2D eigenvalue weighted by atomic mass is 10.1. The summed E-state index contributed by atoms with van der Waals surface area (Å²) >= 11 is 1.40. The second kappa shape index (κ2) is 11.0. The maximum atomic E-state index is 13.1. The number of ether oxygens (including phenoxy) is 2. The second-order valence-electron chi connectivity index (χ2n) is 8.49. The summed E-state index contributed by atoms with van der Waals surface area (Å²) in [6, 6.07) is 11.8. The fraction of sp³-hybridized carbons (Fsp3) is 0.440. The largest absolute Gasteiger partial charge is 0.494 e. The number of carbonyl (C=O) groups excluding carboxylic acids is 1. The molecule has 1 atom stereocenters. The van der Waals surface area contributed by atoms with E-state index in [1.807, 2.05) is 36.6 Å². The third kappa shape index (κ3) is 5.50. The lowest BCUT2D eigenvalue weighted by molar-refractivity contribution is 0.0997. The quantitative estimate of drug-likeness (QED) is 0.450. The van der Waals surface area contributed by atoms with Crippen molar-refractivity contribution in [2.75, 3.05) is 26.9 Å². The summed E-state index contributed by atoms with van der Waals surface area (Å²) in [6.07, 6.45) is 2.76. The van der Waals surface area contributed by atoms with Crippen LogP contribution in [0.2, 0.25) is 0 Å². The van der Waals surface area contributed by atoms with Crippen LogP contribution < -0.4 is 9.54 Å². The smallest absolute Gasteiger partial charge is 0.279 e. The third-order valence-corrected chi connectivity index (χ3v) is 9.20. The normalized spacial score (nSPS) is 17.7. The highest BCUT2D eigenvalue weighted by atomic mass is 32.2. The van der Waals surface area contributed by atoms with Crippen molar-refractivity contribution in [3.05, 3.63) is 52.8 Å². The van der Waals surface area contributed by atoms with Gasteiger partial charge in [0.05, 0.1) is 28.3 Å². The van der Waals surface area contributed by atoms with Crippen LogP contribution in [0.5, 0.6) is 5.75 Å². The van der Waals surface area contributed by atoms with Crippen molar-refractivity contribution in [1.82, 2.24) is 8.87 Å². The van der Waals surface area contributed by atoms with E-state index < -0.39 is 15.9 Å². The van der Waals surface area contributed by atoms with Crippen LogP contribution in [0, 0.1) is 0 Å². The molecule has 0 aliphatic carbocycles. The first kappa shape index (κ1) is 25.6. The van der Waals surface area contributed by atoms with E-state index in [1.165, 1.54) is 35.6 Å². The minimum absolute atomic E-state index is 0.0243. The molecule has 4 rings (SSSR count). The molecular weight excluding hydrogens is 486 g/mol. The Balaban J connectivity index is 1.64. The van der Waals surface area contributed by atoms with E-state index in [0.29, 0.717) is 36.7 Å². The van der Waals surface area contributed by atoms with E-state index in [-0.39, 0.29) is 10.9 Å². The molecule has 8 nitrogen and oxygen atoms in total. The molecule has 1 fully saturated rings. The van der Waals surface area contributed by atoms with Gasteiger partial charge in [0.2, 0.25) is 10.0 Å². The lowest BCUT2D eigenvalue weighted by Crippen LogP contribution is -2.41. The molecule has 1 aromatic heterocycles. The number of aromatic nitrogens is 1. The van der Waals surface area contributed by atoms with E-state index in [4.69, 9.17) is 9.47 Å². The molecule has 2 aromatic carbocycles. The number of hydrogen-bond acceptors (Lipinski definition) is 6. The van der Waals surface area contributed by atoms with Gasteiger partial charge in [-0.25, -0.2) is 8.42 Å². The summed E-state index contributed by atoms with van der Waals surface area (Å²) in [5, 5.41) is 0. The second-order valence-corrected chi connectivity index (χ2v) is 11.4. The molecule has 3 aromatic rings. The molecule has 1 unspecified atom stereocenters. The van der Waals surface area contributed by atoms with Gasteiger partial charge in [0, 0.05) is 31.8 Å². The van der Waals surface area contributed by atoms with Crippen LogP contribution in [-0.2, 0) is 21.3 Å². The molecule has 0 radical (unpaired) electrons. The number of benzene rings is 2. The summed E-state index contributed by atoms with van der Waals surface area (Å²) in [6.45, 7) is 5.98. The average molecular weight is 518 g/mol. The van der Waals surface area contributed by atoms with Gasteiger partial charge in [0.15, 0.2) is 4.80 Å². The molecule has 188 valence electrons. The monoisotopic (exact) mass is 517 g/mol. The van der Waals surface area contributed by atoms with E-state index >= 15 is 0 Å². The fourth-order valence-corrected chi connectivity index (χ4v) is 7.06. The van der Waals surface area contributed by atoms with E-state index in [1.54, 1.807) is 11.4 Å². The number of hydrogen-bond donors (Lipinski definition) is 0. The topological polar surface area (TPSA) is 90.2 Å². The molecule has 1 aliphatic rings. The summed E-state index contributed by atoms with van der Waals surface area (Å²) < 4.78 is 41.5. The Kier molecular flexibility index (Phi) is 8.05. The molecule has 0 bridgehead atoms. The van der Waals surface area contributed by atoms with Crippen molar-refractivity contribution in [3.63, 3.8) is 0 Å². The Morgan fingerprint density at radius 2 is 1.94 bits per heavy atom. The van der Waals surface area contributed by atoms with Gasteiger partial charge in [0.1, 0.15) is 5.75 Å². The molecule has 1 saturated heterocycles. The summed E-state index contributed by atoms with van der Waals surface area (Å²) in [4.78, 5) is 18.1. The highest BCUT2D eigenvalue weighted by Gasteiger charge is 2.30. The van der Waals surface area contributed by atoms with Crippen molar-refractivity contribution in [1.29, 1.82) is 0 Å². The highest BCUT2D eigenvalue weighted by Crippen LogP contribution is 2.26. The molecule has 35 heavy (non-hydrogen) atoms. The minimum atomic E-state index is -3.59. The highest BCUT2D eigenvalue weighted by molar-refractivity contribution is 7.89. The molecule has 2 heterocycles. The van der Waals surface area contributed by atoms with E-state index in [9.17, 15) is 13.2 Å². The SMILES string of the molecule is CCOc1ccc2c(c1)sc(=NC(=O)c1ccc(S(=O)(=O)N3CCCCC3C)cc1)n2CCOC. The van der Waals surface area contributed by atoms with E-state index in [0.717, 1.165) is 35.2 Å². The Hall–Kier alpha value is -2.53. The minimum Gasteiger partial charge on any atom is -0.494 e. The van der Waals surface area contributed by atoms with Crippen molar-refractivity contribution in [2.45, 2.75) is 50.6 Å². The van der Waals surface area contributed by atoms with E-state index in [2.05, 4.69) is 4.99 Å². The lowest BCUT2D eigenvalue weighted by Gasteiger charge is -2.32. The fourth-order valence-electron chi connectivity index (χ4n) is 4.28. The van der Waals surface area contributed by atoms with Gasteiger partial charge in [-0.05, 0) is 69.2 Å². The third-order valence-electron chi connectivity index (χ3n) is 6.13. The maximum absolute atomic E-state index is 13.1. The number of sulfonamides is 1. The molecule has 0 saturated carbocycles. The first-order chi connectivity index (χ1) is 16.8. The zero-order valence-electron chi connectivity index (χ0n) is 20.3. The van der Waals surface area contributed by atoms with Gasteiger partial charge in [0.25, 0.3) is 5.91 Å². The number of piperidine rings is 1. The first-order valence-electron chi connectivity index (χ1n) is 11.8. The predicted octanol–water partition coefficient (Wildman–Crippen LogP) is 4.05. The number of amides is 1. The maximum Gasteiger partial charge on any atom is 0.279 e. The van der Waals surface area contributed by atoms with Crippen LogP contribution in [-0.4, -0.2) is 56.1 Å². The summed E-state index contributed by atoms with van der Waals surface area (Å²) in [7, 11) is -1.96. The van der Waals surface area contributed by atoms with Gasteiger partial charge in [-0.3, -0.25) is 4.79 Å². The summed E-state index contributed by atoms with van der Waals surface area (Å²) in [5.74, 6) is 0.334. The van der Waals surface area contributed by atoms with Gasteiger partial charge >= 0.3 is 0 Å². The Morgan fingerprint density at radius 1 is 1.17 bits per heavy atom. The number of nitrogens with zero attached hydrogens (tertiary/aromatic N) is 3. The van der Waals surface area contributed by atoms with Crippen LogP contribution in [0.4, 0.5) is 0 Å². The number of thiazole rings is 1. The number of carbonyl (C=O) groups is 1. The first-order valence-corrected chi connectivity index (χ1v) is 14.1. The van der Waals surface area contributed by atoms with Crippen LogP contribution in [0.3, 0.4) is 0 Å². The molecular formula is C25H31N3O5S2. The molecule has 1 aliphatic heterocycles. The summed E-state index contributed by atoms with van der Waals surface area (Å²) in [5.41, 5.74) is 1.28. The van der Waals surface area contributed by atoms with Crippen molar-refractivity contribution in [3.8, 4) is 5.75 Å². The zero-order valence-corrected chi connectivity index (χ0v) is 21.9. The van der Waals surface area contributed by atoms with Crippen molar-refractivity contribution < 1.29 is 22.7 Å². The van der Waals surface area contributed by atoms with Crippen LogP contribution in [0.1, 0.15) is 43.5 Å². The zero-order chi connectivity index (χ0) is 25.0. The number of fused-ring (bicyclic) bond motifs is 1. The van der Waals surface area contributed by atoms with Crippen molar-refractivity contribution in [2.24, 2.45) is 4.99 Å². The Morgan fingerprint density at radius 3 is 2.63 bits per heavy atom. The molecule has 10 heteroatoms. The molecule has 0 spiro atoms. The van der Waals surface area contributed by atoms with Gasteiger partial charge < -0.3 is 14.0 Å². The molecule has 0 N–H and O–H groups in total. The Labute approximate surface area is 209 Å².